The van der Waals surface area contributed by atoms with Crippen LogP contribution in [0.2, 0.25) is 0 Å². The van der Waals surface area contributed by atoms with E-state index < -0.39 is 24.8 Å². The molecular weight excluding hydrogens is 334 g/mol. The van der Waals surface area contributed by atoms with E-state index in [0.29, 0.717) is 18.7 Å². The second-order valence-electron chi connectivity index (χ2n) is 4.83. The number of anilines is 1. The lowest BCUT2D eigenvalue weighted by atomic mass is 10.0. The Kier molecular flexibility index (Phi) is 8.21. The highest BCUT2D eigenvalue weighted by atomic mass is 19.3. The Morgan fingerprint density at radius 1 is 1.44 bits per heavy atom. The molecule has 1 aromatic heterocycles. The van der Waals surface area contributed by atoms with E-state index in [2.05, 4.69) is 39.1 Å². The third-order valence-electron chi connectivity index (χ3n) is 3.01. The van der Waals surface area contributed by atoms with Crippen LogP contribution in [0, 0.1) is 0 Å². The molecule has 0 unspecified atom stereocenters. The number of hydroxylamine groups is 1. The molecule has 0 aliphatic heterocycles. The summed E-state index contributed by atoms with van der Waals surface area (Å²) in [5.41, 5.74) is 2.72. The minimum atomic E-state index is -2.68. The van der Waals surface area contributed by atoms with Gasteiger partial charge in [0.25, 0.3) is 18.2 Å². The molecule has 1 rings (SSSR count). The predicted molar refractivity (Wildman–Crippen MR) is 90.1 cm³/mol. The lowest BCUT2D eigenvalue weighted by Gasteiger charge is -2.14. The molecule has 1 heterocycles. The molecule has 7 nitrogen and oxygen atoms in total. The minimum absolute atomic E-state index is 0.0195. The number of aromatic nitrogens is 1. The first-order valence-corrected chi connectivity index (χ1v) is 7.34. The average Bonchev–Trinajstić information content (AvgIpc) is 2.59. The van der Waals surface area contributed by atoms with Crippen LogP contribution < -0.4 is 16.1 Å². The first-order chi connectivity index (χ1) is 11.9. The molecular formula is C16H20F2N4O3. The Labute approximate surface area is 144 Å². The number of nitrogens with one attached hydrogen (secondary N) is 3. The zero-order valence-electron chi connectivity index (χ0n) is 13.8. The molecule has 0 aliphatic rings. The van der Waals surface area contributed by atoms with E-state index in [4.69, 9.17) is 0 Å². The highest BCUT2D eigenvalue weighted by Gasteiger charge is 2.18. The third kappa shape index (κ3) is 6.30. The van der Waals surface area contributed by atoms with Gasteiger partial charge in [0, 0.05) is 17.7 Å². The average molecular weight is 354 g/mol. The van der Waals surface area contributed by atoms with Crippen molar-refractivity contribution in [2.24, 2.45) is 0 Å². The van der Waals surface area contributed by atoms with Gasteiger partial charge < -0.3 is 10.6 Å². The highest BCUT2D eigenvalue weighted by Crippen LogP contribution is 2.23. The van der Waals surface area contributed by atoms with Gasteiger partial charge >= 0.3 is 0 Å². The van der Waals surface area contributed by atoms with Crippen LogP contribution >= 0.6 is 0 Å². The quantitative estimate of drug-likeness (QED) is 0.258. The van der Waals surface area contributed by atoms with Crippen LogP contribution in [0.3, 0.4) is 0 Å². The molecule has 0 saturated heterocycles. The summed E-state index contributed by atoms with van der Waals surface area (Å²) in [6.45, 7) is 6.95. The molecule has 3 N–H and O–H groups in total. The van der Waals surface area contributed by atoms with Crippen LogP contribution in [0.1, 0.15) is 22.5 Å². The zero-order valence-corrected chi connectivity index (χ0v) is 13.8. The number of carbonyl (C=O) groups excluding carboxylic acids is 2. The van der Waals surface area contributed by atoms with Gasteiger partial charge in [-0.2, -0.15) is 0 Å². The van der Waals surface area contributed by atoms with Crippen LogP contribution in [0.25, 0.3) is 5.57 Å². The number of nitrogens with zero attached hydrogens (tertiary/aromatic N) is 1. The smallest absolute Gasteiger partial charge is 0.293 e. The van der Waals surface area contributed by atoms with Gasteiger partial charge in [0.2, 0.25) is 0 Å². The highest BCUT2D eigenvalue weighted by molar-refractivity contribution is 6.20. The Bertz CT molecular complexity index is 650. The molecule has 0 aromatic carbocycles. The van der Waals surface area contributed by atoms with Gasteiger partial charge in [-0.15, -0.1) is 6.58 Å². The van der Waals surface area contributed by atoms with E-state index in [1.165, 1.54) is 19.4 Å². The minimum Gasteiger partial charge on any atom is -0.383 e. The summed E-state index contributed by atoms with van der Waals surface area (Å²) >= 11 is 0. The van der Waals surface area contributed by atoms with Crippen LogP contribution in [-0.2, 0) is 9.63 Å². The summed E-state index contributed by atoms with van der Waals surface area (Å²) in [6.07, 6.45) is 1.02. The largest absolute Gasteiger partial charge is 0.383 e. The molecule has 0 spiro atoms. The number of amides is 2. The molecule has 1 aromatic rings. The molecule has 0 saturated carbocycles. The van der Waals surface area contributed by atoms with E-state index >= 15 is 0 Å². The fourth-order valence-electron chi connectivity index (χ4n) is 1.82. The summed E-state index contributed by atoms with van der Waals surface area (Å²) in [7, 11) is 1.26. The molecule has 2 amide bonds. The molecule has 0 radical (unpaired) electrons. The summed E-state index contributed by atoms with van der Waals surface area (Å²) in [6, 6.07) is 1.33. The first-order valence-electron chi connectivity index (χ1n) is 7.34. The second-order valence-corrected chi connectivity index (χ2v) is 4.83. The van der Waals surface area contributed by atoms with Crippen molar-refractivity contribution in [3.8, 4) is 0 Å². The maximum absolute atomic E-state index is 12.3. The number of hydrogen-bond donors (Lipinski definition) is 3. The summed E-state index contributed by atoms with van der Waals surface area (Å²) in [5, 5.41) is 5.10. The predicted octanol–water partition coefficient (Wildman–Crippen LogP) is 1.76. The van der Waals surface area contributed by atoms with Crippen molar-refractivity contribution in [1.82, 2.24) is 15.8 Å². The maximum atomic E-state index is 12.3. The fourth-order valence-corrected chi connectivity index (χ4v) is 1.82. The maximum Gasteiger partial charge on any atom is 0.293 e. The van der Waals surface area contributed by atoms with Gasteiger partial charge in [0.05, 0.1) is 25.5 Å². The van der Waals surface area contributed by atoms with Crippen molar-refractivity contribution >= 4 is 23.1 Å². The van der Waals surface area contributed by atoms with Crippen LogP contribution in [0.15, 0.2) is 31.5 Å². The summed E-state index contributed by atoms with van der Waals surface area (Å²) in [5.74, 6) is -1.39. The van der Waals surface area contributed by atoms with Crippen LogP contribution in [0.5, 0.6) is 0 Å². The van der Waals surface area contributed by atoms with E-state index in [0.717, 1.165) is 0 Å². The van der Waals surface area contributed by atoms with Gasteiger partial charge in [-0.25, -0.2) is 19.2 Å². The Hall–Kier alpha value is -2.81. The van der Waals surface area contributed by atoms with Gasteiger partial charge in [0.15, 0.2) is 0 Å². The van der Waals surface area contributed by atoms with Gasteiger partial charge in [0.1, 0.15) is 5.69 Å². The van der Waals surface area contributed by atoms with E-state index in [9.17, 15) is 18.4 Å². The summed E-state index contributed by atoms with van der Waals surface area (Å²) in [4.78, 5) is 32.3. The van der Waals surface area contributed by atoms with E-state index in [-0.39, 0.29) is 16.8 Å². The SMILES string of the molecule is C=CCCNc1cnc(C(=O)NOC)cc1C(=C)C(=O)NCC(F)F. The molecule has 9 heteroatoms. The molecule has 136 valence electrons. The molecule has 0 bridgehead atoms. The van der Waals surface area contributed by atoms with E-state index in [1.54, 1.807) is 6.08 Å². The van der Waals surface area contributed by atoms with Crippen molar-refractivity contribution in [1.29, 1.82) is 0 Å². The number of pyridine rings is 1. The van der Waals surface area contributed by atoms with E-state index in [1.807, 2.05) is 0 Å². The van der Waals surface area contributed by atoms with Gasteiger partial charge in [-0.1, -0.05) is 12.7 Å². The Morgan fingerprint density at radius 3 is 2.76 bits per heavy atom. The molecule has 25 heavy (non-hydrogen) atoms. The monoisotopic (exact) mass is 354 g/mol. The Morgan fingerprint density at radius 2 is 2.16 bits per heavy atom. The van der Waals surface area contributed by atoms with Crippen LogP contribution in [-0.4, -0.2) is 43.4 Å². The van der Waals surface area contributed by atoms with Crippen LogP contribution in [0.4, 0.5) is 14.5 Å². The van der Waals surface area contributed by atoms with Crippen molar-refractivity contribution in [3.05, 3.63) is 42.8 Å². The van der Waals surface area contributed by atoms with Crippen molar-refractivity contribution in [2.45, 2.75) is 12.8 Å². The normalized spacial score (nSPS) is 10.2. The van der Waals surface area contributed by atoms with Crippen molar-refractivity contribution in [2.75, 3.05) is 25.5 Å². The standard InChI is InChI=1S/C16H20F2N4O3/c1-4-5-6-19-13-8-20-12(16(24)22-25-3)7-11(13)10(2)15(23)21-9-14(17)18/h4,7-8,14,19H,1-2,5-6,9H2,3H3,(H,21,23)(H,22,24). The number of alkyl halides is 2. The van der Waals surface area contributed by atoms with Crippen molar-refractivity contribution < 1.29 is 23.2 Å². The number of rotatable bonds is 10. The van der Waals surface area contributed by atoms with Crippen molar-refractivity contribution in [3.63, 3.8) is 0 Å². The fraction of sp³-hybridized carbons (Fsp3) is 0.312. The number of carbonyl (C=O) groups is 2. The number of halogens is 2. The number of hydrogen-bond acceptors (Lipinski definition) is 5. The zero-order chi connectivity index (χ0) is 18.8. The van der Waals surface area contributed by atoms with Gasteiger partial charge in [-0.05, 0) is 12.5 Å². The molecule has 0 fully saturated rings. The molecule has 0 atom stereocenters. The first kappa shape index (κ1) is 20.2. The lowest BCUT2D eigenvalue weighted by Crippen LogP contribution is -2.29. The topological polar surface area (TPSA) is 92.3 Å². The second kappa shape index (κ2) is 10.1. The molecule has 0 aliphatic carbocycles. The van der Waals surface area contributed by atoms with Gasteiger partial charge in [-0.3, -0.25) is 14.4 Å². The third-order valence-corrected chi connectivity index (χ3v) is 3.01. The summed E-state index contributed by atoms with van der Waals surface area (Å²) < 4.78 is 24.5. The lowest BCUT2D eigenvalue weighted by molar-refractivity contribution is -0.116. The Balaban J connectivity index is 3.09.